The van der Waals surface area contributed by atoms with Crippen LogP contribution in [0, 0.1) is 0 Å². The van der Waals surface area contributed by atoms with Gasteiger partial charge in [-0.05, 0) is 37.5 Å². The predicted octanol–water partition coefficient (Wildman–Crippen LogP) is 2.81. The van der Waals surface area contributed by atoms with E-state index in [1.165, 1.54) is 0 Å². The first-order valence-corrected chi connectivity index (χ1v) is 8.74. The number of hydrogen-bond acceptors (Lipinski definition) is 4. The SMILES string of the molecule is CCCC(CC(=O)N(CC)CCO)OC(=O)c1ccc(CC)cc1. The van der Waals surface area contributed by atoms with Crippen LogP contribution in [-0.4, -0.2) is 47.7 Å². The lowest BCUT2D eigenvalue weighted by Crippen LogP contribution is -2.36. The number of ether oxygens (including phenoxy) is 1. The van der Waals surface area contributed by atoms with E-state index in [0.717, 1.165) is 18.4 Å². The molecule has 134 valence electrons. The fraction of sp³-hybridized carbons (Fsp3) is 0.579. The molecule has 0 fully saturated rings. The van der Waals surface area contributed by atoms with E-state index in [2.05, 4.69) is 6.92 Å². The molecule has 1 aromatic carbocycles. The summed E-state index contributed by atoms with van der Waals surface area (Å²) in [5.74, 6) is -0.492. The summed E-state index contributed by atoms with van der Waals surface area (Å²) in [6, 6.07) is 7.35. The highest BCUT2D eigenvalue weighted by molar-refractivity contribution is 5.89. The second-order valence-electron chi connectivity index (χ2n) is 5.77. The molecular formula is C19H29NO4. The molecule has 0 saturated heterocycles. The first-order valence-electron chi connectivity index (χ1n) is 8.74. The molecule has 0 spiro atoms. The van der Waals surface area contributed by atoms with E-state index in [1.54, 1.807) is 17.0 Å². The molecule has 0 bridgehead atoms. The molecule has 1 aromatic rings. The zero-order valence-electron chi connectivity index (χ0n) is 15.0. The van der Waals surface area contributed by atoms with Crippen molar-refractivity contribution in [1.82, 2.24) is 4.90 Å². The average Bonchev–Trinajstić information content (AvgIpc) is 2.59. The number of nitrogens with zero attached hydrogens (tertiary/aromatic N) is 1. The summed E-state index contributed by atoms with van der Waals surface area (Å²) in [5.41, 5.74) is 1.66. The van der Waals surface area contributed by atoms with Crippen molar-refractivity contribution in [3.63, 3.8) is 0 Å². The van der Waals surface area contributed by atoms with Crippen LogP contribution >= 0.6 is 0 Å². The Hall–Kier alpha value is -1.88. The summed E-state index contributed by atoms with van der Waals surface area (Å²) in [4.78, 5) is 26.1. The monoisotopic (exact) mass is 335 g/mol. The second kappa shape index (κ2) is 10.8. The zero-order valence-corrected chi connectivity index (χ0v) is 15.0. The van der Waals surface area contributed by atoms with E-state index in [0.29, 0.717) is 25.1 Å². The number of benzene rings is 1. The summed E-state index contributed by atoms with van der Waals surface area (Å²) >= 11 is 0. The van der Waals surface area contributed by atoms with Crippen molar-refractivity contribution < 1.29 is 19.4 Å². The maximum absolute atomic E-state index is 12.3. The highest BCUT2D eigenvalue weighted by atomic mass is 16.5. The number of hydrogen-bond donors (Lipinski definition) is 1. The lowest BCUT2D eigenvalue weighted by atomic mass is 10.1. The Morgan fingerprint density at radius 1 is 1.17 bits per heavy atom. The molecule has 0 aliphatic heterocycles. The summed E-state index contributed by atoms with van der Waals surface area (Å²) in [6.45, 7) is 6.69. The van der Waals surface area contributed by atoms with Crippen molar-refractivity contribution in [1.29, 1.82) is 0 Å². The summed E-state index contributed by atoms with van der Waals surface area (Å²) in [5, 5.41) is 9.01. The third kappa shape index (κ3) is 6.32. The molecule has 1 amide bonds. The number of carbonyl (C=O) groups is 2. The Balaban J connectivity index is 2.69. The third-order valence-corrected chi connectivity index (χ3v) is 3.99. The van der Waals surface area contributed by atoms with E-state index in [1.807, 2.05) is 26.0 Å². The summed E-state index contributed by atoms with van der Waals surface area (Å²) in [7, 11) is 0. The van der Waals surface area contributed by atoms with Gasteiger partial charge in [-0.15, -0.1) is 0 Å². The van der Waals surface area contributed by atoms with Gasteiger partial charge in [-0.2, -0.15) is 0 Å². The minimum absolute atomic E-state index is 0.0679. The fourth-order valence-corrected chi connectivity index (χ4v) is 2.52. The fourth-order valence-electron chi connectivity index (χ4n) is 2.52. The molecule has 0 heterocycles. The highest BCUT2D eigenvalue weighted by Crippen LogP contribution is 2.14. The molecule has 0 aliphatic carbocycles. The molecule has 0 aromatic heterocycles. The number of carbonyl (C=O) groups excluding carboxylic acids is 2. The highest BCUT2D eigenvalue weighted by Gasteiger charge is 2.21. The van der Waals surface area contributed by atoms with Crippen molar-refractivity contribution in [2.24, 2.45) is 0 Å². The van der Waals surface area contributed by atoms with E-state index < -0.39 is 12.1 Å². The van der Waals surface area contributed by atoms with Gasteiger partial charge in [0, 0.05) is 13.1 Å². The van der Waals surface area contributed by atoms with Crippen molar-refractivity contribution in [3.05, 3.63) is 35.4 Å². The molecular weight excluding hydrogens is 306 g/mol. The number of aryl methyl sites for hydroxylation is 1. The van der Waals surface area contributed by atoms with Gasteiger partial charge in [-0.25, -0.2) is 4.79 Å². The smallest absolute Gasteiger partial charge is 0.338 e. The van der Waals surface area contributed by atoms with Gasteiger partial charge in [0.1, 0.15) is 6.10 Å². The Bertz CT molecular complexity index is 513. The van der Waals surface area contributed by atoms with Crippen LogP contribution in [0.15, 0.2) is 24.3 Å². The quantitative estimate of drug-likeness (QED) is 0.668. The first-order chi connectivity index (χ1) is 11.5. The maximum atomic E-state index is 12.3. The Kier molecular flexibility index (Phi) is 9.08. The van der Waals surface area contributed by atoms with Gasteiger partial charge in [0.25, 0.3) is 0 Å². The van der Waals surface area contributed by atoms with Crippen LogP contribution in [-0.2, 0) is 16.0 Å². The van der Waals surface area contributed by atoms with Gasteiger partial charge in [0.2, 0.25) is 5.91 Å². The number of esters is 1. The van der Waals surface area contributed by atoms with Gasteiger partial charge in [-0.3, -0.25) is 4.79 Å². The predicted molar refractivity (Wildman–Crippen MR) is 93.9 cm³/mol. The number of rotatable bonds is 10. The largest absolute Gasteiger partial charge is 0.458 e. The molecule has 0 aliphatic rings. The average molecular weight is 335 g/mol. The van der Waals surface area contributed by atoms with Crippen molar-refractivity contribution in [2.75, 3.05) is 19.7 Å². The third-order valence-electron chi connectivity index (χ3n) is 3.99. The number of amides is 1. The Morgan fingerprint density at radius 3 is 2.33 bits per heavy atom. The van der Waals surface area contributed by atoms with Crippen LogP contribution in [0.4, 0.5) is 0 Å². The molecule has 1 atom stereocenters. The molecule has 5 heteroatoms. The molecule has 24 heavy (non-hydrogen) atoms. The van der Waals surface area contributed by atoms with Crippen molar-refractivity contribution in [3.8, 4) is 0 Å². The van der Waals surface area contributed by atoms with E-state index in [4.69, 9.17) is 9.84 Å². The topological polar surface area (TPSA) is 66.8 Å². The Morgan fingerprint density at radius 2 is 1.83 bits per heavy atom. The minimum atomic E-state index is -0.436. The lowest BCUT2D eigenvalue weighted by Gasteiger charge is -2.23. The molecule has 1 rings (SSSR count). The first kappa shape index (κ1) is 20.2. The van der Waals surface area contributed by atoms with E-state index >= 15 is 0 Å². The van der Waals surface area contributed by atoms with Gasteiger partial charge in [0.15, 0.2) is 0 Å². The van der Waals surface area contributed by atoms with Gasteiger partial charge in [0.05, 0.1) is 18.6 Å². The molecule has 0 radical (unpaired) electrons. The number of likely N-dealkylation sites (N-methyl/N-ethyl adjacent to an activating group) is 1. The van der Waals surface area contributed by atoms with E-state index in [-0.39, 0.29) is 18.9 Å². The lowest BCUT2D eigenvalue weighted by molar-refractivity contribution is -0.133. The van der Waals surface area contributed by atoms with Crippen LogP contribution < -0.4 is 0 Å². The number of aliphatic hydroxyl groups excluding tert-OH is 1. The molecule has 5 nitrogen and oxygen atoms in total. The molecule has 1 unspecified atom stereocenters. The molecule has 0 saturated carbocycles. The standard InChI is InChI=1S/C19H29NO4/c1-4-7-17(14-18(22)20(6-3)12-13-21)24-19(23)16-10-8-15(5-2)9-11-16/h8-11,17,21H,4-7,12-14H2,1-3H3. The van der Waals surface area contributed by atoms with Crippen molar-refractivity contribution in [2.45, 2.75) is 52.6 Å². The summed E-state index contributed by atoms with van der Waals surface area (Å²) < 4.78 is 5.54. The normalized spacial score (nSPS) is 11.8. The van der Waals surface area contributed by atoms with Crippen LogP contribution in [0.25, 0.3) is 0 Å². The van der Waals surface area contributed by atoms with Gasteiger partial charge >= 0.3 is 5.97 Å². The summed E-state index contributed by atoms with van der Waals surface area (Å²) in [6.07, 6.45) is 2.10. The molecule has 1 N–H and O–H groups in total. The second-order valence-corrected chi connectivity index (χ2v) is 5.77. The van der Waals surface area contributed by atoms with Crippen LogP contribution in [0.2, 0.25) is 0 Å². The maximum Gasteiger partial charge on any atom is 0.338 e. The van der Waals surface area contributed by atoms with Crippen LogP contribution in [0.5, 0.6) is 0 Å². The van der Waals surface area contributed by atoms with Crippen molar-refractivity contribution >= 4 is 11.9 Å². The van der Waals surface area contributed by atoms with Gasteiger partial charge in [-0.1, -0.05) is 32.4 Å². The van der Waals surface area contributed by atoms with Crippen LogP contribution in [0.1, 0.15) is 56.0 Å². The van der Waals surface area contributed by atoms with E-state index in [9.17, 15) is 9.59 Å². The Labute approximate surface area is 144 Å². The van der Waals surface area contributed by atoms with Gasteiger partial charge < -0.3 is 14.7 Å². The van der Waals surface area contributed by atoms with Crippen LogP contribution in [0.3, 0.4) is 0 Å². The number of aliphatic hydroxyl groups is 1. The minimum Gasteiger partial charge on any atom is -0.458 e. The zero-order chi connectivity index (χ0) is 17.9.